The summed E-state index contributed by atoms with van der Waals surface area (Å²) in [5.74, 6) is 0.543. The smallest absolute Gasteiger partial charge is 0.337 e. The molecule has 198 valence electrons. The Morgan fingerprint density at radius 2 is 1.92 bits per heavy atom. The van der Waals surface area contributed by atoms with E-state index in [4.69, 9.17) is 14.6 Å². The normalized spacial score (nSPS) is 18.3. The van der Waals surface area contributed by atoms with Gasteiger partial charge in [0.05, 0.1) is 31.2 Å². The molecule has 1 aliphatic heterocycles. The average molecular weight is 542 g/mol. The predicted molar refractivity (Wildman–Crippen MR) is 149 cm³/mol. The molecule has 2 N–H and O–H groups in total. The zero-order valence-corrected chi connectivity index (χ0v) is 22.5. The molecule has 0 radical (unpaired) electrons. The molecule has 2 atom stereocenters. The quantitative estimate of drug-likeness (QED) is 0.313. The van der Waals surface area contributed by atoms with E-state index in [2.05, 4.69) is 11.4 Å². The molecule has 2 aromatic carbocycles. The molecular weight excluding hydrogens is 514 g/mol. The van der Waals surface area contributed by atoms with Crippen molar-refractivity contribution in [1.82, 2.24) is 9.78 Å². The molecule has 0 spiro atoms. The Kier molecular flexibility index (Phi) is 6.23. The number of nitrogens with zero attached hydrogens (tertiary/aromatic N) is 2. The number of fused-ring (bicyclic) bond motifs is 1. The fourth-order valence-electron chi connectivity index (χ4n) is 5.79. The lowest BCUT2D eigenvalue weighted by molar-refractivity contribution is -0.116. The van der Waals surface area contributed by atoms with Crippen molar-refractivity contribution in [1.29, 1.82) is 0 Å². The van der Waals surface area contributed by atoms with Crippen molar-refractivity contribution >= 4 is 28.9 Å². The van der Waals surface area contributed by atoms with Gasteiger partial charge in [0.1, 0.15) is 17.3 Å². The lowest BCUT2D eigenvalue weighted by Gasteiger charge is -2.36. The number of rotatable bonds is 6. The number of carboxylic acid groups (broad SMARTS) is 1. The monoisotopic (exact) mass is 541 g/mol. The van der Waals surface area contributed by atoms with Crippen LogP contribution in [0.1, 0.15) is 56.7 Å². The van der Waals surface area contributed by atoms with Gasteiger partial charge in [0.2, 0.25) is 0 Å². The third kappa shape index (κ3) is 4.10. The van der Waals surface area contributed by atoms with E-state index in [0.29, 0.717) is 47.1 Å². The summed E-state index contributed by atoms with van der Waals surface area (Å²) in [6.07, 6.45) is 1.06. The number of carbonyl (C=O) groups is 2. The van der Waals surface area contributed by atoms with Crippen LogP contribution in [0.3, 0.4) is 0 Å². The highest BCUT2D eigenvalue weighted by Crippen LogP contribution is 2.52. The van der Waals surface area contributed by atoms with Crippen molar-refractivity contribution in [2.75, 3.05) is 19.5 Å². The summed E-state index contributed by atoms with van der Waals surface area (Å²) in [6.45, 7) is 1.88. The van der Waals surface area contributed by atoms with Gasteiger partial charge in [-0.1, -0.05) is 18.2 Å². The fraction of sp³-hybridized carbons (Fsp3) is 0.233. The Balaban J connectivity index is 1.61. The van der Waals surface area contributed by atoms with Crippen LogP contribution in [0.5, 0.6) is 11.5 Å². The van der Waals surface area contributed by atoms with Gasteiger partial charge in [-0.15, -0.1) is 11.3 Å². The number of anilines is 1. The molecule has 0 saturated heterocycles. The van der Waals surface area contributed by atoms with Crippen molar-refractivity contribution in [3.63, 3.8) is 0 Å². The number of nitrogens with one attached hydrogen (secondary N) is 1. The third-order valence-corrected chi connectivity index (χ3v) is 8.55. The lowest BCUT2D eigenvalue weighted by Crippen LogP contribution is -2.30. The second-order valence-electron chi connectivity index (χ2n) is 9.68. The first-order valence-corrected chi connectivity index (χ1v) is 13.5. The van der Waals surface area contributed by atoms with Gasteiger partial charge < -0.3 is 19.9 Å². The van der Waals surface area contributed by atoms with Gasteiger partial charge >= 0.3 is 5.97 Å². The maximum atomic E-state index is 13.9. The minimum atomic E-state index is -1.04. The Morgan fingerprint density at radius 1 is 1.10 bits per heavy atom. The van der Waals surface area contributed by atoms with Gasteiger partial charge in [0, 0.05) is 45.5 Å². The molecule has 2 aliphatic rings. The van der Waals surface area contributed by atoms with Crippen LogP contribution in [-0.2, 0) is 4.79 Å². The van der Waals surface area contributed by atoms with E-state index in [-0.39, 0.29) is 17.3 Å². The number of aromatic carboxylic acids is 1. The molecular formula is C30H27N3O5S. The van der Waals surface area contributed by atoms with Gasteiger partial charge in [-0.2, -0.15) is 5.10 Å². The summed E-state index contributed by atoms with van der Waals surface area (Å²) in [6, 6.07) is 16.4. The predicted octanol–water partition coefficient (Wildman–Crippen LogP) is 5.92. The number of hydrogen-bond donors (Lipinski definition) is 2. The SMILES string of the molecule is COc1ccc(OC)c(C2C3=C(CC(c4cccs4)CC3=O)Nc3c2c(C)nn3-c2ccccc2C(=O)O)c1. The van der Waals surface area contributed by atoms with Gasteiger partial charge in [-0.25, -0.2) is 9.48 Å². The first kappa shape index (κ1) is 24.9. The number of allylic oxidation sites excluding steroid dienone is 2. The van der Waals surface area contributed by atoms with Crippen LogP contribution in [0, 0.1) is 6.92 Å². The maximum absolute atomic E-state index is 13.9. The molecule has 2 unspecified atom stereocenters. The molecule has 4 aromatic rings. The zero-order valence-electron chi connectivity index (χ0n) is 21.7. The first-order chi connectivity index (χ1) is 18.9. The van der Waals surface area contributed by atoms with Crippen LogP contribution >= 0.6 is 11.3 Å². The molecule has 0 amide bonds. The van der Waals surface area contributed by atoms with E-state index in [9.17, 15) is 14.7 Å². The standard InChI is InChI=1S/C30H27N3O5S/c1-16-26-27(20-15-18(37-2)10-11-24(20)38-3)28-21(13-17(14-23(28)34)25-9-6-12-39-25)31-29(26)33(32-16)22-8-5-4-7-19(22)30(35)36/h4-12,15,17,27,31H,13-14H2,1-3H3,(H,35,36). The van der Waals surface area contributed by atoms with Crippen LogP contribution in [0.15, 0.2) is 71.2 Å². The van der Waals surface area contributed by atoms with Crippen LogP contribution in [0.25, 0.3) is 5.69 Å². The summed E-state index contributed by atoms with van der Waals surface area (Å²) in [7, 11) is 3.21. The summed E-state index contributed by atoms with van der Waals surface area (Å²) in [5, 5.41) is 20.3. The number of ketones is 1. The van der Waals surface area contributed by atoms with E-state index >= 15 is 0 Å². The van der Waals surface area contributed by atoms with Crippen molar-refractivity contribution in [2.45, 2.75) is 31.6 Å². The molecule has 1 aliphatic carbocycles. The Hall–Kier alpha value is -4.37. The summed E-state index contributed by atoms with van der Waals surface area (Å²) >= 11 is 1.65. The molecule has 0 fully saturated rings. The number of aryl methyl sites for hydroxylation is 1. The van der Waals surface area contributed by atoms with Crippen LogP contribution in [-0.4, -0.2) is 40.9 Å². The minimum Gasteiger partial charge on any atom is -0.497 e. The second-order valence-corrected chi connectivity index (χ2v) is 10.7. The van der Waals surface area contributed by atoms with Crippen LogP contribution in [0.4, 0.5) is 5.82 Å². The van der Waals surface area contributed by atoms with Crippen molar-refractivity contribution in [3.05, 3.63) is 98.5 Å². The molecule has 8 nitrogen and oxygen atoms in total. The largest absolute Gasteiger partial charge is 0.497 e. The number of thiophene rings is 1. The van der Waals surface area contributed by atoms with Crippen molar-refractivity contribution < 1.29 is 24.2 Å². The molecule has 0 bridgehead atoms. The second kappa shape index (κ2) is 9.74. The summed E-state index contributed by atoms with van der Waals surface area (Å²) < 4.78 is 13.0. The fourth-order valence-corrected chi connectivity index (χ4v) is 6.62. The number of para-hydroxylation sites is 1. The van der Waals surface area contributed by atoms with Gasteiger partial charge in [0.25, 0.3) is 0 Å². The molecule has 3 heterocycles. The number of benzene rings is 2. The van der Waals surface area contributed by atoms with Crippen LogP contribution < -0.4 is 14.8 Å². The van der Waals surface area contributed by atoms with E-state index in [0.717, 1.165) is 16.8 Å². The average Bonchev–Trinajstić information content (AvgIpc) is 3.60. The number of ether oxygens (including phenoxy) is 2. The van der Waals surface area contributed by atoms with E-state index in [1.807, 2.05) is 36.6 Å². The Morgan fingerprint density at radius 3 is 2.64 bits per heavy atom. The maximum Gasteiger partial charge on any atom is 0.337 e. The molecule has 39 heavy (non-hydrogen) atoms. The van der Waals surface area contributed by atoms with Gasteiger partial charge in [0.15, 0.2) is 5.78 Å². The number of Topliss-reactive ketones (excluding diaryl/α,β-unsaturated/α-hetero) is 1. The highest BCUT2D eigenvalue weighted by atomic mass is 32.1. The van der Waals surface area contributed by atoms with Crippen molar-refractivity contribution in [2.24, 2.45) is 0 Å². The van der Waals surface area contributed by atoms with E-state index in [1.165, 1.54) is 4.88 Å². The number of hydrogen-bond acceptors (Lipinski definition) is 7. The highest BCUT2D eigenvalue weighted by Gasteiger charge is 2.42. The lowest BCUT2D eigenvalue weighted by atomic mass is 9.73. The number of methoxy groups -OCH3 is 2. The Bertz CT molecular complexity index is 1640. The summed E-state index contributed by atoms with van der Waals surface area (Å²) in [4.78, 5) is 27.2. The molecule has 6 rings (SSSR count). The van der Waals surface area contributed by atoms with Crippen molar-refractivity contribution in [3.8, 4) is 17.2 Å². The number of carboxylic acids is 1. The van der Waals surface area contributed by atoms with Crippen LogP contribution in [0.2, 0.25) is 0 Å². The number of aromatic nitrogens is 2. The zero-order chi connectivity index (χ0) is 27.3. The van der Waals surface area contributed by atoms with Gasteiger partial charge in [-0.05, 0) is 55.1 Å². The molecule has 0 saturated carbocycles. The van der Waals surface area contributed by atoms with E-state index < -0.39 is 11.9 Å². The first-order valence-electron chi connectivity index (χ1n) is 12.6. The third-order valence-electron chi connectivity index (χ3n) is 7.52. The van der Waals surface area contributed by atoms with E-state index in [1.54, 1.807) is 54.5 Å². The molecule has 9 heteroatoms. The minimum absolute atomic E-state index is 0.0573. The molecule has 2 aromatic heterocycles. The Labute approximate surface area is 229 Å². The topological polar surface area (TPSA) is 103 Å². The number of carbonyl (C=O) groups excluding carboxylic acids is 1. The van der Waals surface area contributed by atoms with Gasteiger partial charge in [-0.3, -0.25) is 4.79 Å². The summed E-state index contributed by atoms with van der Waals surface area (Å²) in [5.41, 5.74) is 4.38. The highest BCUT2D eigenvalue weighted by molar-refractivity contribution is 7.10.